The summed E-state index contributed by atoms with van der Waals surface area (Å²) in [6.07, 6.45) is 0. The van der Waals surface area contributed by atoms with Crippen molar-refractivity contribution in [3.05, 3.63) is 89.8 Å². The summed E-state index contributed by atoms with van der Waals surface area (Å²) in [6, 6.07) is 23.7. The van der Waals surface area contributed by atoms with Gasteiger partial charge in [-0.25, -0.2) is 0 Å². The Morgan fingerprint density at radius 1 is 1.00 bits per heavy atom. The van der Waals surface area contributed by atoms with Gasteiger partial charge in [0.05, 0.1) is 5.75 Å². The number of aryl methyl sites for hydroxylation is 2. The Morgan fingerprint density at radius 3 is 2.62 bits per heavy atom. The molecule has 0 aliphatic carbocycles. The molecule has 0 aliphatic rings. The molecule has 3 aromatic carbocycles. The van der Waals surface area contributed by atoms with E-state index in [9.17, 15) is 4.79 Å². The van der Waals surface area contributed by atoms with Gasteiger partial charge in [0.1, 0.15) is 5.75 Å². The van der Waals surface area contributed by atoms with Crippen LogP contribution >= 0.6 is 11.8 Å². The van der Waals surface area contributed by atoms with Crippen LogP contribution in [0.25, 0.3) is 11.1 Å². The average Bonchev–Trinajstić information content (AvgIpc) is 3.27. The van der Waals surface area contributed by atoms with Gasteiger partial charge < -0.3 is 14.5 Å². The Kier molecular flexibility index (Phi) is 6.87. The van der Waals surface area contributed by atoms with Gasteiger partial charge >= 0.3 is 0 Å². The number of anilines is 1. The summed E-state index contributed by atoms with van der Waals surface area (Å²) in [5, 5.41) is 11.3. The van der Waals surface area contributed by atoms with Crippen LogP contribution < -0.4 is 10.1 Å². The number of benzene rings is 3. The van der Waals surface area contributed by atoms with E-state index < -0.39 is 0 Å². The van der Waals surface area contributed by atoms with Gasteiger partial charge in [0.25, 0.3) is 11.1 Å². The third kappa shape index (κ3) is 5.56. The Balaban J connectivity index is 1.32. The molecule has 1 aromatic heterocycles. The molecule has 0 unspecified atom stereocenters. The second kappa shape index (κ2) is 10.2. The first-order valence-electron chi connectivity index (χ1n) is 10.2. The van der Waals surface area contributed by atoms with Crippen LogP contribution in [0.2, 0.25) is 0 Å². The number of rotatable bonds is 8. The van der Waals surface area contributed by atoms with Gasteiger partial charge in [-0.05, 0) is 42.7 Å². The lowest BCUT2D eigenvalue weighted by atomic mass is 10.0. The molecule has 4 aromatic rings. The average molecular weight is 446 g/mol. The first-order valence-corrected chi connectivity index (χ1v) is 11.2. The number of ether oxygens (including phenoxy) is 1. The number of para-hydroxylation sites is 1. The van der Waals surface area contributed by atoms with Gasteiger partial charge in [-0.3, -0.25) is 4.79 Å². The van der Waals surface area contributed by atoms with Crippen LogP contribution in [0.4, 0.5) is 5.69 Å². The normalized spacial score (nSPS) is 10.7. The van der Waals surface area contributed by atoms with E-state index in [-0.39, 0.29) is 18.3 Å². The van der Waals surface area contributed by atoms with Crippen molar-refractivity contribution in [2.75, 3.05) is 11.1 Å². The summed E-state index contributed by atoms with van der Waals surface area (Å²) in [5.74, 6) is 1.16. The molecule has 0 saturated carbocycles. The first-order chi connectivity index (χ1) is 15.6. The lowest BCUT2D eigenvalue weighted by Crippen LogP contribution is -2.14. The van der Waals surface area contributed by atoms with Gasteiger partial charge in [0, 0.05) is 11.3 Å². The van der Waals surface area contributed by atoms with Crippen molar-refractivity contribution < 1.29 is 13.9 Å². The molecule has 162 valence electrons. The zero-order valence-corrected chi connectivity index (χ0v) is 18.7. The molecular weight excluding hydrogens is 422 g/mol. The SMILES string of the molecule is Cc1ccc(C)c(OCc2nnc(SCC(=O)Nc3ccccc3-c3ccccc3)o2)c1. The number of nitrogens with one attached hydrogen (secondary N) is 1. The minimum atomic E-state index is -0.148. The van der Waals surface area contributed by atoms with E-state index >= 15 is 0 Å². The van der Waals surface area contributed by atoms with E-state index in [4.69, 9.17) is 9.15 Å². The molecule has 0 fully saturated rings. The number of carbonyl (C=O) groups excluding carboxylic acids is 1. The fourth-order valence-electron chi connectivity index (χ4n) is 3.13. The second-order valence-corrected chi connectivity index (χ2v) is 8.19. The molecule has 1 heterocycles. The number of amides is 1. The van der Waals surface area contributed by atoms with E-state index in [1.165, 1.54) is 11.8 Å². The first kappa shape index (κ1) is 21.6. The van der Waals surface area contributed by atoms with Crippen molar-refractivity contribution in [3.63, 3.8) is 0 Å². The van der Waals surface area contributed by atoms with Gasteiger partial charge in [-0.15, -0.1) is 10.2 Å². The number of hydrogen-bond acceptors (Lipinski definition) is 6. The van der Waals surface area contributed by atoms with Crippen LogP contribution in [0, 0.1) is 13.8 Å². The molecule has 6 nitrogen and oxygen atoms in total. The van der Waals surface area contributed by atoms with E-state index in [0.29, 0.717) is 11.1 Å². The summed E-state index contributed by atoms with van der Waals surface area (Å²) in [4.78, 5) is 12.5. The smallest absolute Gasteiger partial charge is 0.277 e. The number of hydrogen-bond donors (Lipinski definition) is 1. The van der Waals surface area contributed by atoms with Crippen LogP contribution in [-0.4, -0.2) is 21.9 Å². The predicted octanol–water partition coefficient (Wildman–Crippen LogP) is 5.66. The molecule has 1 amide bonds. The monoisotopic (exact) mass is 445 g/mol. The van der Waals surface area contributed by atoms with Crippen LogP contribution in [0.15, 0.2) is 82.4 Å². The highest BCUT2D eigenvalue weighted by atomic mass is 32.2. The molecule has 1 N–H and O–H groups in total. The van der Waals surface area contributed by atoms with E-state index in [1.54, 1.807) is 0 Å². The highest BCUT2D eigenvalue weighted by molar-refractivity contribution is 7.99. The molecule has 0 bridgehead atoms. The molecule has 7 heteroatoms. The highest BCUT2D eigenvalue weighted by Gasteiger charge is 2.13. The van der Waals surface area contributed by atoms with Crippen molar-refractivity contribution in [1.82, 2.24) is 10.2 Å². The summed E-state index contributed by atoms with van der Waals surface area (Å²) >= 11 is 1.19. The minimum absolute atomic E-state index is 0.148. The molecule has 0 atom stereocenters. The largest absolute Gasteiger partial charge is 0.484 e. The summed E-state index contributed by atoms with van der Waals surface area (Å²) in [6.45, 7) is 4.17. The van der Waals surface area contributed by atoms with Crippen LogP contribution in [0.5, 0.6) is 5.75 Å². The van der Waals surface area contributed by atoms with Gasteiger partial charge in [0.15, 0.2) is 6.61 Å². The maximum Gasteiger partial charge on any atom is 0.277 e. The lowest BCUT2D eigenvalue weighted by Gasteiger charge is -2.10. The van der Waals surface area contributed by atoms with Crippen molar-refractivity contribution >= 4 is 23.4 Å². The molecular formula is C25H23N3O3S. The fraction of sp³-hybridized carbons (Fsp3) is 0.160. The third-order valence-electron chi connectivity index (χ3n) is 4.76. The van der Waals surface area contributed by atoms with Crippen LogP contribution in [-0.2, 0) is 11.4 Å². The van der Waals surface area contributed by atoms with Crippen molar-refractivity contribution in [1.29, 1.82) is 0 Å². The van der Waals surface area contributed by atoms with Gasteiger partial charge in [0.2, 0.25) is 5.91 Å². The number of nitrogens with zero attached hydrogens (tertiary/aromatic N) is 2. The Hall–Kier alpha value is -3.58. The van der Waals surface area contributed by atoms with E-state index in [0.717, 1.165) is 33.7 Å². The maximum atomic E-state index is 12.5. The summed E-state index contributed by atoms with van der Waals surface area (Å²) in [5.41, 5.74) is 4.93. The standard InChI is InChI=1S/C25H23N3O3S/c1-17-12-13-18(2)22(14-17)30-15-24-27-28-25(31-24)32-16-23(29)26-21-11-7-6-10-20(21)19-8-4-3-5-9-19/h3-14H,15-16H2,1-2H3,(H,26,29). The molecule has 4 rings (SSSR count). The molecule has 0 spiro atoms. The molecule has 0 radical (unpaired) electrons. The quantitative estimate of drug-likeness (QED) is 0.353. The van der Waals surface area contributed by atoms with E-state index in [2.05, 4.69) is 15.5 Å². The molecule has 0 aliphatic heterocycles. The van der Waals surface area contributed by atoms with Gasteiger partial charge in [-0.1, -0.05) is 72.4 Å². The molecule has 32 heavy (non-hydrogen) atoms. The van der Waals surface area contributed by atoms with Crippen molar-refractivity contribution in [2.24, 2.45) is 0 Å². The topological polar surface area (TPSA) is 77.2 Å². The highest BCUT2D eigenvalue weighted by Crippen LogP contribution is 2.28. The van der Waals surface area contributed by atoms with Crippen molar-refractivity contribution in [2.45, 2.75) is 25.7 Å². The zero-order chi connectivity index (χ0) is 22.3. The Morgan fingerprint density at radius 2 is 1.78 bits per heavy atom. The number of carbonyl (C=O) groups is 1. The lowest BCUT2D eigenvalue weighted by molar-refractivity contribution is -0.113. The Bertz CT molecular complexity index is 1210. The second-order valence-electron chi connectivity index (χ2n) is 7.27. The fourth-order valence-corrected chi connectivity index (χ4v) is 3.71. The zero-order valence-electron chi connectivity index (χ0n) is 17.9. The van der Waals surface area contributed by atoms with Crippen molar-refractivity contribution in [3.8, 4) is 16.9 Å². The molecule has 0 saturated heterocycles. The van der Waals surface area contributed by atoms with Crippen LogP contribution in [0.1, 0.15) is 17.0 Å². The van der Waals surface area contributed by atoms with Gasteiger partial charge in [-0.2, -0.15) is 0 Å². The summed E-state index contributed by atoms with van der Waals surface area (Å²) in [7, 11) is 0. The third-order valence-corrected chi connectivity index (χ3v) is 5.57. The predicted molar refractivity (Wildman–Crippen MR) is 126 cm³/mol. The number of thioether (sulfide) groups is 1. The maximum absolute atomic E-state index is 12.5. The van der Waals surface area contributed by atoms with Crippen LogP contribution in [0.3, 0.4) is 0 Å². The minimum Gasteiger partial charge on any atom is -0.484 e. The summed E-state index contributed by atoms with van der Waals surface area (Å²) < 4.78 is 11.4. The number of aromatic nitrogens is 2. The Labute approximate surface area is 191 Å². The van der Waals surface area contributed by atoms with E-state index in [1.807, 2.05) is 86.6 Å².